The molecule has 0 saturated carbocycles. The third-order valence-corrected chi connectivity index (χ3v) is 4.12. The number of benzene rings is 1. The number of amides is 1. The van der Waals surface area contributed by atoms with Gasteiger partial charge in [0.15, 0.2) is 6.61 Å². The highest BCUT2D eigenvalue weighted by Gasteiger charge is 2.21. The fourth-order valence-electron chi connectivity index (χ4n) is 2.65. The predicted octanol–water partition coefficient (Wildman–Crippen LogP) is 2.40. The van der Waals surface area contributed by atoms with Gasteiger partial charge in [-0.3, -0.25) is 9.69 Å². The molecular formula is C18H26N2O2. The Kier molecular flexibility index (Phi) is 5.61. The van der Waals surface area contributed by atoms with Crippen LogP contribution in [0.5, 0.6) is 5.75 Å². The first-order valence-corrected chi connectivity index (χ1v) is 7.81. The summed E-state index contributed by atoms with van der Waals surface area (Å²) in [5.41, 5.74) is 3.44. The molecule has 2 rings (SSSR count). The van der Waals surface area contributed by atoms with Gasteiger partial charge in [-0.15, -0.1) is 0 Å². The molecule has 4 nitrogen and oxygen atoms in total. The fraction of sp³-hybridized carbons (Fsp3) is 0.500. The van der Waals surface area contributed by atoms with Crippen molar-refractivity contribution in [1.29, 1.82) is 0 Å². The lowest BCUT2D eigenvalue weighted by Gasteiger charge is -2.34. The van der Waals surface area contributed by atoms with Crippen LogP contribution in [0.15, 0.2) is 30.4 Å². The predicted molar refractivity (Wildman–Crippen MR) is 89.2 cm³/mol. The van der Waals surface area contributed by atoms with Gasteiger partial charge in [0.2, 0.25) is 0 Å². The highest BCUT2D eigenvalue weighted by molar-refractivity contribution is 5.78. The quantitative estimate of drug-likeness (QED) is 0.783. The summed E-state index contributed by atoms with van der Waals surface area (Å²) in [7, 11) is 0. The molecule has 0 aliphatic carbocycles. The molecule has 1 fully saturated rings. The largest absolute Gasteiger partial charge is 0.483 e. The number of carbonyl (C=O) groups is 1. The van der Waals surface area contributed by atoms with Crippen LogP contribution >= 0.6 is 0 Å². The van der Waals surface area contributed by atoms with Gasteiger partial charge in [0, 0.05) is 32.7 Å². The first kappa shape index (κ1) is 16.6. The number of ether oxygens (including phenoxy) is 1. The average molecular weight is 302 g/mol. The van der Waals surface area contributed by atoms with Gasteiger partial charge >= 0.3 is 0 Å². The lowest BCUT2D eigenvalue weighted by Crippen LogP contribution is -2.50. The van der Waals surface area contributed by atoms with Crippen molar-refractivity contribution in [2.24, 2.45) is 0 Å². The Labute approximate surface area is 133 Å². The molecule has 22 heavy (non-hydrogen) atoms. The van der Waals surface area contributed by atoms with E-state index in [4.69, 9.17) is 4.74 Å². The summed E-state index contributed by atoms with van der Waals surface area (Å²) in [5.74, 6) is 0.866. The molecule has 1 aliphatic heterocycles. The van der Waals surface area contributed by atoms with Gasteiger partial charge in [-0.2, -0.15) is 0 Å². The number of carbonyl (C=O) groups excluding carboxylic acids is 1. The molecule has 0 aromatic heterocycles. The van der Waals surface area contributed by atoms with Crippen molar-refractivity contribution >= 4 is 5.91 Å². The van der Waals surface area contributed by atoms with Gasteiger partial charge in [0.25, 0.3) is 5.91 Å². The molecule has 1 saturated heterocycles. The molecule has 0 atom stereocenters. The summed E-state index contributed by atoms with van der Waals surface area (Å²) >= 11 is 0. The van der Waals surface area contributed by atoms with E-state index in [-0.39, 0.29) is 12.5 Å². The van der Waals surface area contributed by atoms with E-state index in [0.717, 1.165) is 49.6 Å². The van der Waals surface area contributed by atoms with Gasteiger partial charge < -0.3 is 9.64 Å². The van der Waals surface area contributed by atoms with E-state index in [1.54, 1.807) is 0 Å². The monoisotopic (exact) mass is 302 g/mol. The van der Waals surface area contributed by atoms with Crippen LogP contribution in [0.1, 0.15) is 18.1 Å². The van der Waals surface area contributed by atoms with Crippen LogP contribution in [0, 0.1) is 13.8 Å². The Bertz CT molecular complexity index is 546. The highest BCUT2D eigenvalue weighted by atomic mass is 16.5. The SMILES string of the molecule is C=C(C)CN1CCN(C(=O)COc2cccc(C)c2C)CC1. The maximum absolute atomic E-state index is 12.3. The maximum Gasteiger partial charge on any atom is 0.260 e. The molecule has 0 unspecified atom stereocenters. The number of nitrogens with zero attached hydrogens (tertiary/aromatic N) is 2. The standard InChI is InChI=1S/C18H26N2O2/c1-14(2)12-19-8-10-20(11-9-19)18(21)13-22-17-7-5-6-15(3)16(17)4/h5-7H,1,8-13H2,2-4H3. The van der Waals surface area contributed by atoms with E-state index >= 15 is 0 Å². The van der Waals surface area contributed by atoms with E-state index in [1.165, 1.54) is 5.56 Å². The van der Waals surface area contributed by atoms with E-state index < -0.39 is 0 Å². The smallest absolute Gasteiger partial charge is 0.260 e. The first-order valence-electron chi connectivity index (χ1n) is 7.81. The van der Waals surface area contributed by atoms with Crippen molar-refractivity contribution in [3.8, 4) is 5.75 Å². The zero-order chi connectivity index (χ0) is 16.1. The molecule has 1 amide bonds. The number of piperazine rings is 1. The van der Waals surface area contributed by atoms with E-state index in [9.17, 15) is 4.79 Å². The molecular weight excluding hydrogens is 276 g/mol. The zero-order valence-corrected chi connectivity index (χ0v) is 13.9. The Balaban J connectivity index is 1.81. The van der Waals surface area contributed by atoms with Crippen molar-refractivity contribution < 1.29 is 9.53 Å². The first-order chi connectivity index (χ1) is 10.5. The van der Waals surface area contributed by atoms with Crippen LogP contribution in [0.4, 0.5) is 0 Å². The van der Waals surface area contributed by atoms with Crippen LogP contribution in [0.2, 0.25) is 0 Å². The molecule has 120 valence electrons. The summed E-state index contributed by atoms with van der Waals surface area (Å²) in [6.07, 6.45) is 0. The van der Waals surface area contributed by atoms with Gasteiger partial charge in [-0.1, -0.05) is 24.3 Å². The van der Waals surface area contributed by atoms with Crippen LogP contribution in [-0.2, 0) is 4.79 Å². The van der Waals surface area contributed by atoms with Gasteiger partial charge in [0.05, 0.1) is 0 Å². The van der Waals surface area contributed by atoms with Crippen molar-refractivity contribution in [2.45, 2.75) is 20.8 Å². The summed E-state index contributed by atoms with van der Waals surface area (Å²) in [6.45, 7) is 14.4. The van der Waals surface area contributed by atoms with E-state index in [0.29, 0.717) is 0 Å². The minimum absolute atomic E-state index is 0.0656. The van der Waals surface area contributed by atoms with Crippen molar-refractivity contribution in [2.75, 3.05) is 39.3 Å². The normalized spacial score (nSPS) is 15.7. The molecule has 1 aromatic carbocycles. The summed E-state index contributed by atoms with van der Waals surface area (Å²) in [4.78, 5) is 16.5. The molecule has 0 N–H and O–H groups in total. The lowest BCUT2D eigenvalue weighted by atomic mass is 10.1. The van der Waals surface area contributed by atoms with Crippen LogP contribution in [0.3, 0.4) is 0 Å². The fourth-order valence-corrected chi connectivity index (χ4v) is 2.65. The van der Waals surface area contributed by atoms with E-state index in [2.05, 4.69) is 11.5 Å². The molecule has 0 radical (unpaired) electrons. The molecule has 0 spiro atoms. The summed E-state index contributed by atoms with van der Waals surface area (Å²) in [6, 6.07) is 5.92. The van der Waals surface area contributed by atoms with E-state index in [1.807, 2.05) is 43.9 Å². The Morgan fingerprint density at radius 1 is 1.23 bits per heavy atom. The third-order valence-electron chi connectivity index (χ3n) is 4.12. The molecule has 0 bridgehead atoms. The van der Waals surface area contributed by atoms with Gasteiger partial charge in [-0.25, -0.2) is 0 Å². The number of aryl methyl sites for hydroxylation is 1. The van der Waals surface area contributed by atoms with Crippen molar-refractivity contribution in [1.82, 2.24) is 9.80 Å². The number of rotatable bonds is 5. The average Bonchev–Trinajstić information content (AvgIpc) is 2.48. The summed E-state index contributed by atoms with van der Waals surface area (Å²) in [5, 5.41) is 0. The topological polar surface area (TPSA) is 32.8 Å². The minimum Gasteiger partial charge on any atom is -0.483 e. The second kappa shape index (κ2) is 7.45. The summed E-state index contributed by atoms with van der Waals surface area (Å²) < 4.78 is 5.71. The second-order valence-electron chi connectivity index (χ2n) is 6.10. The Hall–Kier alpha value is -1.81. The number of hydrogen-bond acceptors (Lipinski definition) is 3. The second-order valence-corrected chi connectivity index (χ2v) is 6.10. The van der Waals surface area contributed by atoms with Gasteiger partial charge in [-0.05, 0) is 38.0 Å². The molecule has 1 aliphatic rings. The zero-order valence-electron chi connectivity index (χ0n) is 13.9. The molecule has 1 heterocycles. The lowest BCUT2D eigenvalue weighted by molar-refractivity contribution is -0.135. The van der Waals surface area contributed by atoms with Crippen molar-refractivity contribution in [3.63, 3.8) is 0 Å². The van der Waals surface area contributed by atoms with Crippen LogP contribution in [-0.4, -0.2) is 55.0 Å². The third kappa shape index (κ3) is 4.34. The Morgan fingerprint density at radius 3 is 2.55 bits per heavy atom. The number of hydrogen-bond donors (Lipinski definition) is 0. The molecule has 4 heteroatoms. The maximum atomic E-state index is 12.3. The van der Waals surface area contributed by atoms with Gasteiger partial charge in [0.1, 0.15) is 5.75 Å². The highest BCUT2D eigenvalue weighted by Crippen LogP contribution is 2.20. The van der Waals surface area contributed by atoms with Crippen molar-refractivity contribution in [3.05, 3.63) is 41.5 Å². The minimum atomic E-state index is 0.0656. The van der Waals surface area contributed by atoms with Crippen LogP contribution < -0.4 is 4.74 Å². The molecule has 1 aromatic rings. The Morgan fingerprint density at radius 2 is 1.91 bits per heavy atom. The van der Waals surface area contributed by atoms with Crippen LogP contribution in [0.25, 0.3) is 0 Å².